The smallest absolute Gasteiger partial charge is 0.306 e. The summed E-state index contributed by atoms with van der Waals surface area (Å²) >= 11 is 5.85. The first kappa shape index (κ1) is 21.0. The summed E-state index contributed by atoms with van der Waals surface area (Å²) < 4.78 is 5.77. The maximum Gasteiger partial charge on any atom is 0.306 e. The van der Waals surface area contributed by atoms with Crippen molar-refractivity contribution in [3.8, 4) is 5.75 Å². The summed E-state index contributed by atoms with van der Waals surface area (Å²) in [5.41, 5.74) is -1.15. The van der Waals surface area contributed by atoms with Crippen molar-refractivity contribution in [1.29, 1.82) is 0 Å². The third-order valence-electron chi connectivity index (χ3n) is 4.62. The summed E-state index contributed by atoms with van der Waals surface area (Å²) in [6.07, 6.45) is 0.869. The maximum absolute atomic E-state index is 12.7. The second-order valence-corrected chi connectivity index (χ2v) is 7.66. The number of hydrogen-bond donors (Lipinski definition) is 1. The maximum atomic E-state index is 12.7. The number of likely N-dealkylation sites (N-methyl/N-ethyl adjacent to an activating group) is 1. The Balaban J connectivity index is 1.91. The summed E-state index contributed by atoms with van der Waals surface area (Å²) in [5.74, 6) is -1.24. The second kappa shape index (κ2) is 8.61. The average molecular weight is 397 g/mol. The number of carbonyl (C=O) groups excluding carboxylic acids is 2. The molecule has 1 saturated heterocycles. The molecule has 7 nitrogen and oxygen atoms in total. The first-order chi connectivity index (χ1) is 12.6. The fourth-order valence-electron chi connectivity index (χ4n) is 3.05. The van der Waals surface area contributed by atoms with Crippen LogP contribution in [0.1, 0.15) is 26.7 Å². The van der Waals surface area contributed by atoms with E-state index < -0.39 is 17.5 Å². The Kier molecular flexibility index (Phi) is 6.70. The number of piperidine rings is 1. The molecule has 1 aliphatic heterocycles. The zero-order valence-corrected chi connectivity index (χ0v) is 16.5. The van der Waals surface area contributed by atoms with Crippen LogP contribution < -0.4 is 4.74 Å². The molecule has 0 aromatic heterocycles. The number of amides is 2. The Morgan fingerprint density at radius 2 is 1.78 bits per heavy atom. The highest BCUT2D eigenvalue weighted by Gasteiger charge is 2.35. The lowest BCUT2D eigenvalue weighted by atomic mass is 9.97. The molecule has 8 heteroatoms. The zero-order valence-electron chi connectivity index (χ0n) is 15.8. The third kappa shape index (κ3) is 5.60. The molecular weight excluding hydrogens is 372 g/mol. The summed E-state index contributed by atoms with van der Waals surface area (Å²) in [5, 5.41) is 9.60. The molecule has 0 unspecified atom stereocenters. The number of aliphatic carboxylic acids is 1. The van der Waals surface area contributed by atoms with Gasteiger partial charge in [-0.05, 0) is 51.0 Å². The quantitative estimate of drug-likeness (QED) is 0.797. The van der Waals surface area contributed by atoms with Crippen LogP contribution in [0.3, 0.4) is 0 Å². The van der Waals surface area contributed by atoms with Gasteiger partial charge in [-0.3, -0.25) is 14.4 Å². The molecule has 0 atom stereocenters. The summed E-state index contributed by atoms with van der Waals surface area (Å²) in [6.45, 7) is 3.99. The van der Waals surface area contributed by atoms with Crippen LogP contribution >= 0.6 is 11.6 Å². The Morgan fingerprint density at radius 1 is 1.22 bits per heavy atom. The molecular formula is C19H25ClN2O5. The van der Waals surface area contributed by atoms with Crippen molar-refractivity contribution in [3.63, 3.8) is 0 Å². The molecule has 0 bridgehead atoms. The van der Waals surface area contributed by atoms with Crippen LogP contribution in [-0.2, 0) is 14.4 Å². The van der Waals surface area contributed by atoms with Gasteiger partial charge < -0.3 is 19.6 Å². The highest BCUT2D eigenvalue weighted by atomic mass is 35.5. The van der Waals surface area contributed by atoms with E-state index in [1.54, 1.807) is 50.1 Å². The monoisotopic (exact) mass is 396 g/mol. The van der Waals surface area contributed by atoms with Crippen LogP contribution in [0.2, 0.25) is 5.02 Å². The number of benzene rings is 1. The van der Waals surface area contributed by atoms with Crippen LogP contribution in [0.4, 0.5) is 0 Å². The largest absolute Gasteiger partial charge is 0.481 e. The fraction of sp³-hybridized carbons (Fsp3) is 0.526. The van der Waals surface area contributed by atoms with E-state index in [4.69, 9.17) is 21.4 Å². The van der Waals surface area contributed by atoms with Gasteiger partial charge in [-0.25, -0.2) is 0 Å². The van der Waals surface area contributed by atoms with E-state index in [2.05, 4.69) is 0 Å². The van der Waals surface area contributed by atoms with E-state index in [1.165, 1.54) is 4.90 Å². The van der Waals surface area contributed by atoms with Crippen molar-refractivity contribution in [1.82, 2.24) is 9.80 Å². The van der Waals surface area contributed by atoms with Crippen LogP contribution in [0.25, 0.3) is 0 Å². The van der Waals surface area contributed by atoms with Crippen molar-refractivity contribution >= 4 is 29.4 Å². The normalized spacial score (nSPS) is 15.3. The molecule has 1 aliphatic rings. The highest BCUT2D eigenvalue weighted by molar-refractivity contribution is 6.30. The van der Waals surface area contributed by atoms with Gasteiger partial charge >= 0.3 is 5.97 Å². The fourth-order valence-corrected chi connectivity index (χ4v) is 3.18. The number of ether oxygens (including phenoxy) is 1. The zero-order chi connectivity index (χ0) is 20.2. The lowest BCUT2D eigenvalue weighted by Gasteiger charge is -2.33. The second-order valence-electron chi connectivity index (χ2n) is 7.22. The standard InChI is InChI=1S/C19H25ClN2O5/c1-19(2,27-15-6-4-14(20)5-7-15)18(26)21(3)12-16(23)22-10-8-13(9-11-22)17(24)25/h4-7,13H,8-12H2,1-3H3,(H,24,25). The predicted octanol–water partition coefficient (Wildman–Crippen LogP) is 2.28. The molecule has 2 amide bonds. The Labute approximate surface area is 163 Å². The first-order valence-corrected chi connectivity index (χ1v) is 9.18. The molecule has 1 aromatic carbocycles. The van der Waals surface area contributed by atoms with Crippen molar-refractivity contribution < 1.29 is 24.2 Å². The summed E-state index contributed by atoms with van der Waals surface area (Å²) in [7, 11) is 1.55. The average Bonchev–Trinajstić information content (AvgIpc) is 2.62. The number of carboxylic acid groups (broad SMARTS) is 1. The molecule has 0 aliphatic carbocycles. The molecule has 0 radical (unpaired) electrons. The molecule has 0 saturated carbocycles. The minimum absolute atomic E-state index is 0.0794. The van der Waals surface area contributed by atoms with E-state index in [0.717, 1.165) is 0 Å². The lowest BCUT2D eigenvalue weighted by molar-refractivity contribution is -0.150. The molecule has 1 fully saturated rings. The van der Waals surface area contributed by atoms with Crippen LogP contribution in [0, 0.1) is 5.92 Å². The van der Waals surface area contributed by atoms with Gasteiger partial charge in [0.15, 0.2) is 5.60 Å². The number of halogens is 1. The van der Waals surface area contributed by atoms with Gasteiger partial charge in [-0.15, -0.1) is 0 Å². The minimum Gasteiger partial charge on any atom is -0.481 e. The third-order valence-corrected chi connectivity index (χ3v) is 4.87. The van der Waals surface area contributed by atoms with Crippen molar-refractivity contribution in [2.75, 3.05) is 26.7 Å². The van der Waals surface area contributed by atoms with Crippen LogP contribution in [0.15, 0.2) is 24.3 Å². The van der Waals surface area contributed by atoms with Gasteiger partial charge in [-0.2, -0.15) is 0 Å². The molecule has 27 heavy (non-hydrogen) atoms. The van der Waals surface area contributed by atoms with Crippen molar-refractivity contribution in [2.24, 2.45) is 5.92 Å². The molecule has 1 heterocycles. The first-order valence-electron chi connectivity index (χ1n) is 8.81. The van der Waals surface area contributed by atoms with Gasteiger partial charge in [0.1, 0.15) is 5.75 Å². The number of carboxylic acids is 1. The Hall–Kier alpha value is -2.28. The van der Waals surface area contributed by atoms with E-state index >= 15 is 0 Å². The lowest BCUT2D eigenvalue weighted by Crippen LogP contribution is -2.51. The molecule has 148 valence electrons. The van der Waals surface area contributed by atoms with Gasteiger partial charge in [0.2, 0.25) is 5.91 Å². The van der Waals surface area contributed by atoms with Crippen molar-refractivity contribution in [2.45, 2.75) is 32.3 Å². The SMILES string of the molecule is CN(CC(=O)N1CCC(C(=O)O)CC1)C(=O)C(C)(C)Oc1ccc(Cl)cc1. The molecule has 1 aromatic rings. The predicted molar refractivity (Wildman–Crippen MR) is 101 cm³/mol. The molecule has 0 spiro atoms. The van der Waals surface area contributed by atoms with E-state index in [0.29, 0.717) is 36.7 Å². The highest BCUT2D eigenvalue weighted by Crippen LogP contribution is 2.22. The Morgan fingerprint density at radius 3 is 2.30 bits per heavy atom. The van der Waals surface area contributed by atoms with Gasteiger partial charge in [0.25, 0.3) is 5.91 Å². The molecule has 2 rings (SSSR count). The van der Waals surface area contributed by atoms with E-state index in [9.17, 15) is 14.4 Å². The number of rotatable bonds is 6. The van der Waals surface area contributed by atoms with Gasteiger partial charge in [0, 0.05) is 25.2 Å². The van der Waals surface area contributed by atoms with Gasteiger partial charge in [0.05, 0.1) is 12.5 Å². The van der Waals surface area contributed by atoms with Gasteiger partial charge in [-0.1, -0.05) is 11.6 Å². The van der Waals surface area contributed by atoms with E-state index in [-0.39, 0.29) is 18.4 Å². The number of hydrogen-bond acceptors (Lipinski definition) is 4. The summed E-state index contributed by atoms with van der Waals surface area (Å²) in [4.78, 5) is 39.1. The summed E-state index contributed by atoms with van der Waals surface area (Å²) in [6, 6.07) is 6.70. The number of nitrogens with zero attached hydrogens (tertiary/aromatic N) is 2. The van der Waals surface area contributed by atoms with Crippen LogP contribution in [0.5, 0.6) is 5.75 Å². The minimum atomic E-state index is -1.15. The van der Waals surface area contributed by atoms with Crippen molar-refractivity contribution in [3.05, 3.63) is 29.3 Å². The molecule has 1 N–H and O–H groups in total. The van der Waals surface area contributed by atoms with Crippen LogP contribution in [-0.4, -0.2) is 65.0 Å². The number of likely N-dealkylation sites (tertiary alicyclic amines) is 1. The topological polar surface area (TPSA) is 87.2 Å². The number of carbonyl (C=O) groups is 3. The Bertz CT molecular complexity index is 697. The van der Waals surface area contributed by atoms with E-state index in [1.807, 2.05) is 0 Å².